The second-order valence-corrected chi connectivity index (χ2v) is 7.93. The third-order valence-corrected chi connectivity index (χ3v) is 5.52. The van der Waals surface area contributed by atoms with E-state index < -0.39 is 12.1 Å². The van der Waals surface area contributed by atoms with E-state index >= 15 is 0 Å². The Kier molecular flexibility index (Phi) is 7.57. The number of halogens is 1. The number of hydrogen-bond acceptors (Lipinski definition) is 4. The summed E-state index contributed by atoms with van der Waals surface area (Å²) >= 11 is 0. The minimum atomic E-state index is -0.596. The van der Waals surface area contributed by atoms with Gasteiger partial charge in [-0.3, -0.25) is 9.59 Å². The number of nitrogens with zero attached hydrogens (tertiary/aromatic N) is 3. The van der Waals surface area contributed by atoms with Crippen LogP contribution in [0.1, 0.15) is 62.5 Å². The van der Waals surface area contributed by atoms with Crippen molar-refractivity contribution in [3.63, 3.8) is 0 Å². The summed E-state index contributed by atoms with van der Waals surface area (Å²) in [6.45, 7) is 9.78. The highest BCUT2D eigenvalue weighted by Gasteiger charge is 2.35. The molecule has 1 aromatic rings. The highest BCUT2D eigenvalue weighted by atomic mass is 19.1. The molecule has 1 aliphatic heterocycles. The maximum Gasteiger partial charge on any atom is 0.260 e. The molecule has 1 aromatic heterocycles. The van der Waals surface area contributed by atoms with E-state index in [0.717, 1.165) is 23.9 Å². The van der Waals surface area contributed by atoms with Crippen molar-refractivity contribution in [1.82, 2.24) is 20.0 Å². The van der Waals surface area contributed by atoms with Gasteiger partial charge in [0.2, 0.25) is 11.9 Å². The Labute approximate surface area is 166 Å². The molecule has 0 saturated carbocycles. The van der Waals surface area contributed by atoms with Crippen LogP contribution in [0, 0.1) is 18.3 Å². The van der Waals surface area contributed by atoms with Gasteiger partial charge in [-0.1, -0.05) is 20.3 Å². The molecule has 28 heavy (non-hydrogen) atoms. The Hall–Kier alpha value is -1.96. The highest BCUT2D eigenvalue weighted by molar-refractivity contribution is 5.95. The van der Waals surface area contributed by atoms with Gasteiger partial charge in [0.1, 0.15) is 11.7 Å². The van der Waals surface area contributed by atoms with Crippen molar-refractivity contribution in [3.05, 3.63) is 17.2 Å². The predicted molar refractivity (Wildman–Crippen MR) is 104 cm³/mol. The van der Waals surface area contributed by atoms with Crippen molar-refractivity contribution in [2.45, 2.75) is 59.5 Å². The zero-order valence-corrected chi connectivity index (χ0v) is 17.7. The number of aryl methyl sites for hydroxylation is 2. The third-order valence-electron chi connectivity index (χ3n) is 5.52. The number of carbonyl (C=O) groups is 2. The van der Waals surface area contributed by atoms with E-state index in [9.17, 15) is 14.0 Å². The predicted octanol–water partition coefficient (Wildman–Crippen LogP) is 2.43. The van der Waals surface area contributed by atoms with Crippen LogP contribution >= 0.6 is 0 Å². The molecule has 0 bridgehead atoms. The van der Waals surface area contributed by atoms with Crippen LogP contribution in [0.25, 0.3) is 0 Å². The molecule has 7 nitrogen and oxygen atoms in total. The summed E-state index contributed by atoms with van der Waals surface area (Å²) in [5, 5.41) is 7.00. The quantitative estimate of drug-likeness (QED) is 0.732. The van der Waals surface area contributed by atoms with Gasteiger partial charge < -0.3 is 15.0 Å². The lowest BCUT2D eigenvalue weighted by molar-refractivity contribution is -0.133. The summed E-state index contributed by atoms with van der Waals surface area (Å²) < 4.78 is 20.8. The maximum absolute atomic E-state index is 14.2. The summed E-state index contributed by atoms with van der Waals surface area (Å²) in [5.74, 6) is -0.981. The Morgan fingerprint density at radius 2 is 1.96 bits per heavy atom. The van der Waals surface area contributed by atoms with Gasteiger partial charge in [-0.05, 0) is 38.5 Å². The third kappa shape index (κ3) is 5.10. The Morgan fingerprint density at radius 1 is 1.32 bits per heavy atom. The first-order valence-electron chi connectivity index (χ1n) is 10.1. The van der Waals surface area contributed by atoms with Crippen LogP contribution in [0.4, 0.5) is 4.39 Å². The molecular weight excluding hydrogens is 363 g/mol. The average molecular weight is 397 g/mol. The summed E-state index contributed by atoms with van der Waals surface area (Å²) in [6.07, 6.45) is 2.67. The molecule has 1 atom stereocenters. The molecule has 2 amide bonds. The first kappa shape index (κ1) is 22.3. The topological polar surface area (TPSA) is 76.5 Å². The summed E-state index contributed by atoms with van der Waals surface area (Å²) in [6, 6.07) is 0. The fourth-order valence-corrected chi connectivity index (χ4v) is 3.63. The molecule has 0 radical (unpaired) electrons. The van der Waals surface area contributed by atoms with Crippen LogP contribution < -0.4 is 5.32 Å². The van der Waals surface area contributed by atoms with E-state index in [4.69, 9.17) is 4.74 Å². The number of amides is 2. The van der Waals surface area contributed by atoms with E-state index in [1.54, 1.807) is 11.8 Å². The first-order valence-corrected chi connectivity index (χ1v) is 10.1. The smallest absolute Gasteiger partial charge is 0.260 e. The van der Waals surface area contributed by atoms with Crippen molar-refractivity contribution in [1.29, 1.82) is 0 Å². The first-order chi connectivity index (χ1) is 13.2. The average Bonchev–Trinajstić information content (AvgIpc) is 2.91. The van der Waals surface area contributed by atoms with Crippen LogP contribution in [-0.2, 0) is 16.6 Å². The van der Waals surface area contributed by atoms with Crippen LogP contribution in [-0.4, -0.2) is 58.8 Å². The van der Waals surface area contributed by atoms with Crippen LogP contribution in [0.5, 0.6) is 0 Å². The van der Waals surface area contributed by atoms with Crippen LogP contribution in [0.2, 0.25) is 0 Å². The number of nitrogens with one attached hydrogen (secondary N) is 1. The number of hydrogen-bond donors (Lipinski definition) is 1. The molecule has 0 aromatic carbocycles. The van der Waals surface area contributed by atoms with Crippen molar-refractivity contribution in [3.8, 4) is 0 Å². The fraction of sp³-hybridized carbons (Fsp3) is 0.750. The lowest BCUT2D eigenvalue weighted by atomic mass is 9.80. The molecule has 8 heteroatoms. The summed E-state index contributed by atoms with van der Waals surface area (Å²) in [5.41, 5.74) is 0.361. The van der Waals surface area contributed by atoms with E-state index in [1.807, 2.05) is 13.8 Å². The summed E-state index contributed by atoms with van der Waals surface area (Å²) in [7, 11) is 1.49. The van der Waals surface area contributed by atoms with Gasteiger partial charge >= 0.3 is 0 Å². The number of piperidine rings is 1. The van der Waals surface area contributed by atoms with Crippen molar-refractivity contribution < 1.29 is 18.7 Å². The van der Waals surface area contributed by atoms with Crippen LogP contribution in [0.15, 0.2) is 0 Å². The maximum atomic E-state index is 14.2. The molecule has 1 N–H and O–H groups in total. The standard InChI is InChI=1S/C20H33FN4O3/c1-6-8-15(28-7-2)18(26)22-13-20(4)9-11-25(12-10-20)19(27)16-14(3)23-24(5)17(16)21/h15H,6-13H2,1-5H3,(H,22,26). The number of aromatic nitrogens is 2. The monoisotopic (exact) mass is 396 g/mol. The highest BCUT2D eigenvalue weighted by Crippen LogP contribution is 2.31. The lowest BCUT2D eigenvalue weighted by Crippen LogP contribution is -2.48. The van der Waals surface area contributed by atoms with Gasteiger partial charge in [0.05, 0.1) is 5.69 Å². The Balaban J connectivity index is 1.91. The molecule has 1 saturated heterocycles. The SMILES string of the molecule is CCCC(OCC)C(=O)NCC1(C)CCN(C(=O)c2c(C)nn(C)c2F)CC1. The second kappa shape index (κ2) is 9.49. The second-order valence-electron chi connectivity index (χ2n) is 7.93. The van der Waals surface area contributed by atoms with E-state index in [1.165, 1.54) is 7.05 Å². The van der Waals surface area contributed by atoms with Gasteiger partial charge in [-0.15, -0.1) is 0 Å². The lowest BCUT2D eigenvalue weighted by Gasteiger charge is -2.39. The Morgan fingerprint density at radius 3 is 2.46 bits per heavy atom. The molecule has 0 aliphatic carbocycles. The largest absolute Gasteiger partial charge is 0.369 e. The van der Waals surface area contributed by atoms with Gasteiger partial charge in [-0.25, -0.2) is 4.68 Å². The Bertz CT molecular complexity index is 690. The number of ether oxygens (including phenoxy) is 1. The van der Waals surface area contributed by atoms with Crippen LogP contribution in [0.3, 0.4) is 0 Å². The zero-order chi connectivity index (χ0) is 20.9. The number of likely N-dealkylation sites (tertiary alicyclic amines) is 1. The fourth-order valence-electron chi connectivity index (χ4n) is 3.63. The van der Waals surface area contributed by atoms with Crippen molar-refractivity contribution in [2.75, 3.05) is 26.2 Å². The van der Waals surface area contributed by atoms with Gasteiger partial charge in [0, 0.05) is 33.3 Å². The number of carbonyl (C=O) groups excluding carboxylic acids is 2. The van der Waals surface area contributed by atoms with Gasteiger partial charge in [-0.2, -0.15) is 9.49 Å². The normalized spacial score (nSPS) is 17.4. The van der Waals surface area contributed by atoms with E-state index in [-0.39, 0.29) is 22.8 Å². The molecule has 158 valence electrons. The molecule has 1 aliphatic rings. The molecule has 2 heterocycles. The van der Waals surface area contributed by atoms with E-state index in [2.05, 4.69) is 17.3 Å². The molecule has 1 unspecified atom stereocenters. The van der Waals surface area contributed by atoms with Crippen molar-refractivity contribution >= 4 is 11.8 Å². The molecule has 1 fully saturated rings. The van der Waals surface area contributed by atoms with E-state index in [0.29, 0.717) is 38.4 Å². The molecule has 0 spiro atoms. The minimum absolute atomic E-state index is 0.0542. The van der Waals surface area contributed by atoms with Crippen molar-refractivity contribution in [2.24, 2.45) is 12.5 Å². The minimum Gasteiger partial charge on any atom is -0.369 e. The van der Waals surface area contributed by atoms with Gasteiger partial charge in [0.25, 0.3) is 5.91 Å². The number of rotatable bonds is 8. The molecule has 2 rings (SSSR count). The zero-order valence-electron chi connectivity index (χ0n) is 17.7. The van der Waals surface area contributed by atoms with Gasteiger partial charge in [0.15, 0.2) is 0 Å². The molecular formula is C20H33FN4O3. The summed E-state index contributed by atoms with van der Waals surface area (Å²) in [4.78, 5) is 26.8.